The molecule has 1 amide bonds. The average molecular weight is 423 g/mol. The van der Waals surface area contributed by atoms with Crippen molar-refractivity contribution in [3.05, 3.63) is 72.3 Å². The zero-order valence-corrected chi connectivity index (χ0v) is 17.9. The standard InChI is InChI=1S/C24H26N2O3S/c1-2-18-8-5-6-12-23(18)25-24(27)21-11-7-15-26(17-21)30(28,29)22-14-13-19-9-3-4-10-20(19)16-22/h3-6,8-10,12-14,16,21H,2,7,11,15,17H2,1H3,(H,25,27)/t21-/m0/s1. The zero-order chi connectivity index (χ0) is 21.1. The molecule has 1 aliphatic rings. The number of anilines is 1. The van der Waals surface area contributed by atoms with Crippen LogP contribution in [-0.2, 0) is 21.2 Å². The van der Waals surface area contributed by atoms with Gasteiger partial charge in [-0.3, -0.25) is 4.79 Å². The van der Waals surface area contributed by atoms with Gasteiger partial charge in [0.25, 0.3) is 0 Å². The summed E-state index contributed by atoms with van der Waals surface area (Å²) < 4.78 is 28.0. The Kier molecular flexibility index (Phi) is 5.88. The highest BCUT2D eigenvalue weighted by molar-refractivity contribution is 7.89. The molecule has 3 aromatic carbocycles. The Morgan fingerprint density at radius 1 is 1.03 bits per heavy atom. The summed E-state index contributed by atoms with van der Waals surface area (Å²) in [5, 5.41) is 4.90. The molecule has 0 saturated carbocycles. The van der Waals surface area contributed by atoms with Crippen LogP contribution in [0.4, 0.5) is 5.69 Å². The summed E-state index contributed by atoms with van der Waals surface area (Å²) in [5.41, 5.74) is 1.88. The normalized spacial score (nSPS) is 17.7. The van der Waals surface area contributed by atoms with Gasteiger partial charge < -0.3 is 5.32 Å². The van der Waals surface area contributed by atoms with Gasteiger partial charge in [0.15, 0.2) is 0 Å². The minimum absolute atomic E-state index is 0.116. The minimum atomic E-state index is -3.65. The van der Waals surface area contributed by atoms with Crippen molar-refractivity contribution >= 4 is 32.4 Å². The fourth-order valence-electron chi connectivity index (χ4n) is 4.04. The van der Waals surface area contributed by atoms with Crippen LogP contribution in [0.15, 0.2) is 71.6 Å². The molecule has 0 bridgehead atoms. The Hall–Kier alpha value is -2.70. The summed E-state index contributed by atoms with van der Waals surface area (Å²) in [7, 11) is -3.65. The number of carbonyl (C=O) groups is 1. The van der Waals surface area contributed by atoms with Crippen molar-refractivity contribution in [1.82, 2.24) is 4.31 Å². The third-order valence-electron chi connectivity index (χ3n) is 5.77. The Labute approximate surface area is 177 Å². The molecular weight excluding hydrogens is 396 g/mol. The molecular formula is C24H26N2O3S. The van der Waals surface area contributed by atoms with Crippen molar-refractivity contribution in [2.75, 3.05) is 18.4 Å². The first-order valence-electron chi connectivity index (χ1n) is 10.4. The van der Waals surface area contributed by atoms with E-state index in [0.717, 1.165) is 28.4 Å². The topological polar surface area (TPSA) is 66.5 Å². The summed E-state index contributed by atoms with van der Waals surface area (Å²) in [6.07, 6.45) is 2.17. The largest absolute Gasteiger partial charge is 0.326 e. The first kappa shape index (κ1) is 20.6. The Morgan fingerprint density at radius 2 is 1.77 bits per heavy atom. The number of carbonyl (C=O) groups excluding carboxylic acids is 1. The molecule has 1 N–H and O–H groups in total. The maximum absolute atomic E-state index is 13.3. The van der Waals surface area contributed by atoms with Gasteiger partial charge in [0.05, 0.1) is 10.8 Å². The summed E-state index contributed by atoms with van der Waals surface area (Å²) in [4.78, 5) is 13.2. The van der Waals surface area contributed by atoms with E-state index in [0.29, 0.717) is 19.4 Å². The Bertz CT molecular complexity index is 1170. The first-order valence-corrected chi connectivity index (χ1v) is 11.8. The van der Waals surface area contributed by atoms with E-state index < -0.39 is 10.0 Å². The molecule has 3 aromatic rings. The number of piperidine rings is 1. The van der Waals surface area contributed by atoms with Crippen LogP contribution in [0.5, 0.6) is 0 Å². The molecule has 156 valence electrons. The number of amides is 1. The molecule has 6 heteroatoms. The maximum atomic E-state index is 13.3. The van der Waals surface area contributed by atoms with Gasteiger partial charge in [-0.25, -0.2) is 8.42 Å². The van der Waals surface area contributed by atoms with Gasteiger partial charge in [0.1, 0.15) is 0 Å². The number of hydrogen-bond acceptors (Lipinski definition) is 3. The van der Waals surface area contributed by atoms with Crippen LogP contribution in [0.1, 0.15) is 25.3 Å². The van der Waals surface area contributed by atoms with E-state index in [2.05, 4.69) is 5.32 Å². The zero-order valence-electron chi connectivity index (χ0n) is 17.0. The van der Waals surface area contributed by atoms with Crippen LogP contribution in [-0.4, -0.2) is 31.7 Å². The third kappa shape index (κ3) is 4.11. The lowest BCUT2D eigenvalue weighted by Gasteiger charge is -2.31. The molecule has 1 heterocycles. The average Bonchev–Trinajstić information content (AvgIpc) is 2.79. The van der Waals surface area contributed by atoms with Crippen LogP contribution >= 0.6 is 0 Å². The van der Waals surface area contributed by atoms with E-state index >= 15 is 0 Å². The molecule has 30 heavy (non-hydrogen) atoms. The molecule has 1 aliphatic heterocycles. The van der Waals surface area contributed by atoms with Crippen molar-refractivity contribution < 1.29 is 13.2 Å². The second-order valence-electron chi connectivity index (χ2n) is 7.71. The number of aryl methyl sites for hydroxylation is 1. The van der Waals surface area contributed by atoms with Gasteiger partial charge in [0, 0.05) is 18.8 Å². The second kappa shape index (κ2) is 8.58. The van der Waals surface area contributed by atoms with Gasteiger partial charge in [0.2, 0.25) is 15.9 Å². The SMILES string of the molecule is CCc1ccccc1NC(=O)[C@H]1CCCN(S(=O)(=O)c2ccc3ccccc3c2)C1. The van der Waals surface area contributed by atoms with Crippen molar-refractivity contribution in [3.8, 4) is 0 Å². The number of hydrogen-bond donors (Lipinski definition) is 1. The van der Waals surface area contributed by atoms with Crippen molar-refractivity contribution in [2.45, 2.75) is 31.1 Å². The number of nitrogens with zero attached hydrogens (tertiary/aromatic N) is 1. The molecule has 5 nitrogen and oxygen atoms in total. The molecule has 1 fully saturated rings. The van der Waals surface area contributed by atoms with Crippen LogP contribution in [0.3, 0.4) is 0 Å². The lowest BCUT2D eigenvalue weighted by Crippen LogP contribution is -2.43. The smallest absolute Gasteiger partial charge is 0.243 e. The van der Waals surface area contributed by atoms with Gasteiger partial charge in [-0.2, -0.15) is 4.31 Å². The fraction of sp³-hybridized carbons (Fsp3) is 0.292. The second-order valence-corrected chi connectivity index (χ2v) is 9.65. The number of rotatable bonds is 5. The highest BCUT2D eigenvalue weighted by atomic mass is 32.2. The molecule has 1 saturated heterocycles. The van der Waals surface area contributed by atoms with E-state index in [1.165, 1.54) is 4.31 Å². The predicted molar refractivity (Wildman–Crippen MR) is 120 cm³/mol. The molecule has 0 aliphatic carbocycles. The Morgan fingerprint density at radius 3 is 2.57 bits per heavy atom. The van der Waals surface area contributed by atoms with Crippen molar-refractivity contribution in [1.29, 1.82) is 0 Å². The van der Waals surface area contributed by atoms with E-state index in [9.17, 15) is 13.2 Å². The molecule has 0 radical (unpaired) electrons. The van der Waals surface area contributed by atoms with E-state index in [1.807, 2.05) is 61.5 Å². The molecule has 0 unspecified atom stereocenters. The first-order chi connectivity index (χ1) is 14.5. The predicted octanol–water partition coefficient (Wildman–Crippen LogP) is 4.44. The third-order valence-corrected chi connectivity index (χ3v) is 7.63. The number of fused-ring (bicyclic) bond motifs is 1. The molecule has 1 atom stereocenters. The van der Waals surface area contributed by atoms with Gasteiger partial charge in [-0.1, -0.05) is 55.5 Å². The summed E-state index contributed by atoms with van der Waals surface area (Å²) >= 11 is 0. The monoisotopic (exact) mass is 422 g/mol. The summed E-state index contributed by atoms with van der Waals surface area (Å²) in [5.74, 6) is -0.479. The highest BCUT2D eigenvalue weighted by Gasteiger charge is 2.33. The summed E-state index contributed by atoms with van der Waals surface area (Å²) in [6.45, 7) is 2.68. The number of nitrogens with one attached hydrogen (secondary N) is 1. The van der Waals surface area contributed by atoms with Crippen LogP contribution in [0, 0.1) is 5.92 Å². The lowest BCUT2D eigenvalue weighted by atomic mass is 9.98. The van der Waals surface area contributed by atoms with E-state index in [1.54, 1.807) is 12.1 Å². The maximum Gasteiger partial charge on any atom is 0.243 e. The number of sulfonamides is 1. The van der Waals surface area contributed by atoms with Gasteiger partial charge >= 0.3 is 0 Å². The van der Waals surface area contributed by atoms with E-state index in [4.69, 9.17) is 0 Å². The highest BCUT2D eigenvalue weighted by Crippen LogP contribution is 2.27. The molecule has 4 rings (SSSR count). The van der Waals surface area contributed by atoms with Crippen LogP contribution in [0.25, 0.3) is 10.8 Å². The lowest BCUT2D eigenvalue weighted by molar-refractivity contribution is -0.120. The number of para-hydroxylation sites is 1. The van der Waals surface area contributed by atoms with Crippen LogP contribution < -0.4 is 5.32 Å². The molecule has 0 spiro atoms. The summed E-state index contributed by atoms with van der Waals surface area (Å²) in [6, 6.07) is 20.6. The molecule has 0 aromatic heterocycles. The minimum Gasteiger partial charge on any atom is -0.326 e. The quantitative estimate of drug-likeness (QED) is 0.661. The van der Waals surface area contributed by atoms with Gasteiger partial charge in [-0.05, 0) is 53.8 Å². The fourth-order valence-corrected chi connectivity index (χ4v) is 5.60. The Balaban J connectivity index is 1.53. The van der Waals surface area contributed by atoms with E-state index in [-0.39, 0.29) is 23.3 Å². The van der Waals surface area contributed by atoms with Crippen molar-refractivity contribution in [3.63, 3.8) is 0 Å². The van der Waals surface area contributed by atoms with Crippen LogP contribution in [0.2, 0.25) is 0 Å². The van der Waals surface area contributed by atoms with Crippen molar-refractivity contribution in [2.24, 2.45) is 5.92 Å². The van der Waals surface area contributed by atoms with Gasteiger partial charge in [-0.15, -0.1) is 0 Å². The number of benzene rings is 3.